The van der Waals surface area contributed by atoms with E-state index in [0.29, 0.717) is 61.2 Å². The van der Waals surface area contributed by atoms with Crippen molar-refractivity contribution in [3.05, 3.63) is 59.2 Å². The van der Waals surface area contributed by atoms with Crippen LogP contribution in [-0.4, -0.2) is 89.7 Å². The summed E-state index contributed by atoms with van der Waals surface area (Å²) in [4.78, 5) is 70.3. The van der Waals surface area contributed by atoms with E-state index in [4.69, 9.17) is 14.2 Å². The third kappa shape index (κ3) is 7.42. The molecule has 48 heavy (non-hydrogen) atoms. The van der Waals surface area contributed by atoms with Gasteiger partial charge in [0.2, 0.25) is 12.2 Å². The molecular formula is C36H46N4O8. The molecular weight excluding hydrogens is 616 g/mol. The molecule has 1 aliphatic carbocycles. The van der Waals surface area contributed by atoms with Gasteiger partial charge in [-0.25, -0.2) is 9.59 Å². The second-order valence-corrected chi connectivity index (χ2v) is 13.1. The monoisotopic (exact) mass is 662 g/mol. The van der Waals surface area contributed by atoms with Crippen LogP contribution in [0.4, 0.5) is 10.5 Å². The largest absolute Gasteiger partial charge is 0.475 e. The van der Waals surface area contributed by atoms with Gasteiger partial charge in [-0.2, -0.15) is 0 Å². The number of benzene rings is 2. The fraction of sp³-hybridized carbons (Fsp3) is 0.528. The second kappa shape index (κ2) is 14.7. The molecule has 1 spiro atoms. The molecule has 0 aromatic heterocycles. The highest BCUT2D eigenvalue weighted by Gasteiger charge is 2.52. The molecule has 12 nitrogen and oxygen atoms in total. The topological polar surface area (TPSA) is 135 Å². The van der Waals surface area contributed by atoms with Crippen LogP contribution in [0.1, 0.15) is 92.5 Å². The highest BCUT2D eigenvalue weighted by molar-refractivity contribution is 6.05. The van der Waals surface area contributed by atoms with Crippen molar-refractivity contribution in [3.63, 3.8) is 0 Å². The number of hydrogen-bond donors (Lipinski definition) is 1. The number of likely N-dealkylation sites (tertiary alicyclic amines) is 1. The molecule has 1 N–H and O–H groups in total. The number of carbonyl (C=O) groups excluding carboxylic acids is 5. The quantitative estimate of drug-likeness (QED) is 0.283. The molecule has 5 rings (SSSR count). The molecule has 2 unspecified atom stereocenters. The van der Waals surface area contributed by atoms with E-state index >= 15 is 0 Å². The van der Waals surface area contributed by atoms with Crippen LogP contribution in [0.2, 0.25) is 0 Å². The summed E-state index contributed by atoms with van der Waals surface area (Å²) >= 11 is 0. The first-order valence-electron chi connectivity index (χ1n) is 16.9. The summed E-state index contributed by atoms with van der Waals surface area (Å²) in [6.45, 7) is 10.3. The van der Waals surface area contributed by atoms with E-state index in [1.807, 2.05) is 20.8 Å². The van der Waals surface area contributed by atoms with Crippen LogP contribution in [0.3, 0.4) is 0 Å². The molecule has 0 radical (unpaired) electrons. The number of nitrogens with one attached hydrogen (secondary N) is 1. The van der Waals surface area contributed by atoms with Crippen molar-refractivity contribution in [2.75, 3.05) is 31.1 Å². The summed E-state index contributed by atoms with van der Waals surface area (Å²) < 4.78 is 17.1. The van der Waals surface area contributed by atoms with E-state index in [1.54, 1.807) is 59.2 Å². The molecule has 4 amide bonds. The zero-order valence-electron chi connectivity index (χ0n) is 28.5. The van der Waals surface area contributed by atoms with E-state index in [2.05, 4.69) is 5.32 Å². The van der Waals surface area contributed by atoms with Crippen LogP contribution in [0, 0.1) is 6.92 Å². The minimum absolute atomic E-state index is 0.103. The van der Waals surface area contributed by atoms with Crippen LogP contribution < -0.4 is 15.0 Å². The standard InChI is InChI=1S/C36H46N4O8/c1-6-31(41)37-18-20-39-29-21-27(14-15-30(29)48-36(34(39)44)16-8-17-36)32(42)40(23(2)3)28-9-7-19-38(22-28)35(45)47-25(5)46-33(43)26-12-10-24(4)11-13-26/h10-15,21,23,25,28H,6-9,16-20,22H2,1-5H3,(H,37,41). The van der Waals surface area contributed by atoms with E-state index in [-0.39, 0.29) is 49.4 Å². The van der Waals surface area contributed by atoms with Crippen molar-refractivity contribution in [1.82, 2.24) is 15.1 Å². The van der Waals surface area contributed by atoms with Gasteiger partial charge in [0, 0.05) is 51.1 Å². The Bertz CT molecular complexity index is 1540. The Morgan fingerprint density at radius 3 is 2.38 bits per heavy atom. The zero-order chi connectivity index (χ0) is 34.6. The number of aryl methyl sites for hydroxylation is 1. The Morgan fingerprint density at radius 1 is 1.02 bits per heavy atom. The third-order valence-corrected chi connectivity index (χ3v) is 9.24. The SMILES string of the molecule is CCC(=O)NCCN1C(=O)C2(CCC2)Oc2ccc(C(=O)N(C(C)C)C3CCCN(C(=O)OC(C)OC(=O)c4ccc(C)cc4)C3)cc21. The Hall–Kier alpha value is -4.61. The first kappa shape index (κ1) is 34.7. The minimum atomic E-state index is -1.10. The number of ether oxygens (including phenoxy) is 3. The average molecular weight is 663 g/mol. The Kier molecular flexibility index (Phi) is 10.6. The first-order valence-corrected chi connectivity index (χ1v) is 16.9. The average Bonchev–Trinajstić information content (AvgIpc) is 3.04. The number of amides is 4. The maximum atomic E-state index is 14.2. The number of rotatable bonds is 10. The summed E-state index contributed by atoms with van der Waals surface area (Å²) in [5.41, 5.74) is 1.37. The lowest BCUT2D eigenvalue weighted by Gasteiger charge is -2.47. The Morgan fingerprint density at radius 2 is 1.73 bits per heavy atom. The van der Waals surface area contributed by atoms with Crippen molar-refractivity contribution < 1.29 is 38.2 Å². The predicted octanol–water partition coefficient (Wildman–Crippen LogP) is 4.82. The maximum Gasteiger partial charge on any atom is 0.412 e. The molecule has 12 heteroatoms. The smallest absolute Gasteiger partial charge is 0.412 e. The number of nitrogens with zero attached hydrogens (tertiary/aromatic N) is 3. The summed E-state index contributed by atoms with van der Waals surface area (Å²) in [6, 6.07) is 11.6. The number of esters is 1. The van der Waals surface area contributed by atoms with Gasteiger partial charge >= 0.3 is 12.1 Å². The zero-order valence-corrected chi connectivity index (χ0v) is 28.5. The summed E-state index contributed by atoms with van der Waals surface area (Å²) in [5.74, 6) is -0.546. The molecule has 0 bridgehead atoms. The van der Waals surface area contributed by atoms with E-state index in [0.717, 1.165) is 12.0 Å². The number of hydrogen-bond acceptors (Lipinski definition) is 8. The van der Waals surface area contributed by atoms with Gasteiger partial charge in [0.15, 0.2) is 5.60 Å². The fourth-order valence-corrected chi connectivity index (χ4v) is 6.49. The molecule has 2 aromatic carbocycles. The second-order valence-electron chi connectivity index (χ2n) is 13.1. The van der Waals surface area contributed by atoms with Gasteiger partial charge in [0.1, 0.15) is 5.75 Å². The molecule has 258 valence electrons. The van der Waals surface area contributed by atoms with Gasteiger partial charge in [-0.3, -0.25) is 14.4 Å². The first-order chi connectivity index (χ1) is 22.9. The van der Waals surface area contributed by atoms with Gasteiger partial charge < -0.3 is 34.2 Å². The van der Waals surface area contributed by atoms with E-state index in [1.165, 1.54) is 11.8 Å². The van der Waals surface area contributed by atoms with Crippen molar-refractivity contribution in [1.29, 1.82) is 0 Å². The predicted molar refractivity (Wildman–Crippen MR) is 178 cm³/mol. The van der Waals surface area contributed by atoms with Crippen LogP contribution >= 0.6 is 0 Å². The molecule has 1 saturated carbocycles. The fourth-order valence-electron chi connectivity index (χ4n) is 6.49. The molecule has 2 aliphatic heterocycles. The Balaban J connectivity index is 1.28. The summed E-state index contributed by atoms with van der Waals surface area (Å²) in [5, 5.41) is 2.84. The molecule has 2 fully saturated rings. The third-order valence-electron chi connectivity index (χ3n) is 9.24. The molecule has 1 saturated heterocycles. The van der Waals surface area contributed by atoms with Gasteiger partial charge in [0.25, 0.3) is 11.8 Å². The molecule has 2 aromatic rings. The van der Waals surface area contributed by atoms with Gasteiger partial charge in [-0.1, -0.05) is 24.6 Å². The van der Waals surface area contributed by atoms with Gasteiger partial charge in [-0.15, -0.1) is 0 Å². The van der Waals surface area contributed by atoms with Crippen LogP contribution in [0.15, 0.2) is 42.5 Å². The number of carbonyl (C=O) groups is 5. The highest BCUT2D eigenvalue weighted by atomic mass is 16.7. The van der Waals surface area contributed by atoms with Gasteiger partial charge in [-0.05, 0) is 83.2 Å². The van der Waals surface area contributed by atoms with Gasteiger partial charge in [0.05, 0.1) is 17.3 Å². The Labute approximate surface area is 281 Å². The lowest BCUT2D eigenvalue weighted by atomic mass is 9.77. The van der Waals surface area contributed by atoms with Crippen LogP contribution in [-0.2, 0) is 19.1 Å². The van der Waals surface area contributed by atoms with Crippen LogP contribution in [0.25, 0.3) is 0 Å². The number of piperidine rings is 1. The lowest BCUT2D eigenvalue weighted by Crippen LogP contribution is -2.61. The van der Waals surface area contributed by atoms with E-state index < -0.39 is 24.0 Å². The van der Waals surface area contributed by atoms with Crippen molar-refractivity contribution >= 4 is 35.5 Å². The van der Waals surface area contributed by atoms with Crippen molar-refractivity contribution in [2.24, 2.45) is 0 Å². The molecule has 2 heterocycles. The molecule has 2 atom stereocenters. The van der Waals surface area contributed by atoms with Crippen molar-refractivity contribution in [2.45, 2.75) is 97.1 Å². The minimum Gasteiger partial charge on any atom is -0.475 e. The van der Waals surface area contributed by atoms with Crippen LogP contribution in [0.5, 0.6) is 5.75 Å². The molecule has 3 aliphatic rings. The van der Waals surface area contributed by atoms with E-state index in [9.17, 15) is 24.0 Å². The lowest BCUT2D eigenvalue weighted by molar-refractivity contribution is -0.143. The summed E-state index contributed by atoms with van der Waals surface area (Å²) in [6.07, 6.45) is 2.10. The number of anilines is 1. The van der Waals surface area contributed by atoms with Crippen molar-refractivity contribution in [3.8, 4) is 5.75 Å². The normalized spacial score (nSPS) is 18.7. The number of fused-ring (bicyclic) bond motifs is 1. The summed E-state index contributed by atoms with van der Waals surface area (Å²) in [7, 11) is 0. The highest BCUT2D eigenvalue weighted by Crippen LogP contribution is 2.46. The maximum absolute atomic E-state index is 14.2.